The lowest BCUT2D eigenvalue weighted by atomic mass is 10.1. The summed E-state index contributed by atoms with van der Waals surface area (Å²) in [5.41, 5.74) is 5.48. The van der Waals surface area contributed by atoms with Crippen LogP contribution in [0.25, 0.3) is 5.65 Å². The molecular formula is C30H30ClN7O3. The predicted molar refractivity (Wildman–Crippen MR) is 159 cm³/mol. The van der Waals surface area contributed by atoms with Gasteiger partial charge in [-0.15, -0.1) is 0 Å². The first-order valence-electron chi connectivity index (χ1n) is 13.3. The minimum Gasteiger partial charge on any atom is -0.476 e. The molecule has 41 heavy (non-hydrogen) atoms. The molecule has 1 saturated heterocycles. The number of aromatic nitrogens is 3. The summed E-state index contributed by atoms with van der Waals surface area (Å²) in [5, 5.41) is 22.1. The zero-order valence-corrected chi connectivity index (χ0v) is 24.0. The third-order valence-corrected chi connectivity index (χ3v) is 7.65. The van der Waals surface area contributed by atoms with Gasteiger partial charge in [0.25, 0.3) is 5.56 Å². The van der Waals surface area contributed by atoms with Gasteiger partial charge in [0.05, 0.1) is 28.9 Å². The van der Waals surface area contributed by atoms with E-state index in [-0.39, 0.29) is 16.4 Å². The van der Waals surface area contributed by atoms with Gasteiger partial charge in [0, 0.05) is 43.6 Å². The number of halogens is 1. The quantitative estimate of drug-likeness (QED) is 0.315. The van der Waals surface area contributed by atoms with Gasteiger partial charge < -0.3 is 20.2 Å². The Balaban J connectivity index is 1.48. The van der Waals surface area contributed by atoms with Gasteiger partial charge in [-0.25, -0.2) is 14.8 Å². The number of nitrogens with one attached hydrogen (secondary N) is 1. The number of nitriles is 1. The monoisotopic (exact) mass is 571 g/mol. The van der Waals surface area contributed by atoms with Crippen molar-refractivity contribution in [3.05, 3.63) is 91.6 Å². The zero-order valence-electron chi connectivity index (χ0n) is 23.3. The first-order valence-corrected chi connectivity index (χ1v) is 13.7. The van der Waals surface area contributed by atoms with Crippen LogP contribution in [0, 0.1) is 32.1 Å². The van der Waals surface area contributed by atoms with Crippen LogP contribution < -0.4 is 20.7 Å². The molecule has 1 aliphatic rings. The van der Waals surface area contributed by atoms with Gasteiger partial charge in [-0.05, 0) is 75.2 Å². The minimum absolute atomic E-state index is 0.0874. The molecule has 0 aliphatic carbocycles. The normalized spacial score (nSPS) is 14.1. The second-order valence-electron chi connectivity index (χ2n) is 10.3. The first kappa shape index (κ1) is 27.9. The summed E-state index contributed by atoms with van der Waals surface area (Å²) in [4.78, 5) is 38.8. The van der Waals surface area contributed by atoms with Crippen LogP contribution in [0.4, 0.5) is 17.2 Å². The number of aromatic carboxylic acids is 1. The van der Waals surface area contributed by atoms with Crippen LogP contribution in [0.5, 0.6) is 0 Å². The summed E-state index contributed by atoms with van der Waals surface area (Å²) in [6.07, 6.45) is 1.77. The molecule has 0 unspecified atom stereocenters. The largest absolute Gasteiger partial charge is 0.476 e. The maximum Gasteiger partial charge on any atom is 0.356 e. The van der Waals surface area contributed by atoms with E-state index in [1.54, 1.807) is 23.6 Å². The van der Waals surface area contributed by atoms with Crippen molar-refractivity contribution in [1.82, 2.24) is 14.4 Å². The number of anilines is 3. The number of hydrogen-bond acceptors (Lipinski definition) is 8. The average Bonchev–Trinajstić information content (AvgIpc) is 2.95. The summed E-state index contributed by atoms with van der Waals surface area (Å²) in [6, 6.07) is 12.6. The van der Waals surface area contributed by atoms with Gasteiger partial charge in [-0.1, -0.05) is 11.6 Å². The predicted octanol–water partition coefficient (Wildman–Crippen LogP) is 4.74. The van der Waals surface area contributed by atoms with Crippen molar-refractivity contribution in [2.75, 3.05) is 41.3 Å². The van der Waals surface area contributed by atoms with Crippen LogP contribution in [0.3, 0.4) is 0 Å². The van der Waals surface area contributed by atoms with Gasteiger partial charge >= 0.3 is 5.97 Å². The van der Waals surface area contributed by atoms with Crippen LogP contribution >= 0.6 is 11.6 Å². The summed E-state index contributed by atoms with van der Waals surface area (Å²) in [5.74, 6) is -0.554. The Kier molecular flexibility index (Phi) is 7.56. The Bertz CT molecular complexity index is 1770. The molecule has 1 aromatic carbocycles. The Morgan fingerprint density at radius 2 is 1.78 bits per heavy atom. The third-order valence-electron chi connectivity index (χ3n) is 7.44. The van der Waals surface area contributed by atoms with E-state index in [1.165, 1.54) is 6.07 Å². The van der Waals surface area contributed by atoms with E-state index in [0.717, 1.165) is 35.5 Å². The number of rotatable bonds is 6. The Hall–Kier alpha value is -4.62. The number of aryl methyl sites for hydroxylation is 2. The Labute approximate surface area is 242 Å². The second kappa shape index (κ2) is 11.1. The standard InChI is InChI=1S/C30H30ClN7O3/c1-17-13-22(20(4)33-23-6-8-25(31)34-26(23)30(40)41)28-35-27(19(3)29(39)38(28)16-17)37-11-9-36(10-12-37)24-7-5-21(15-32)14-18(24)2/h5-8,13-14,16,20,33H,9-12H2,1-4H3,(H,40,41)/t20-/m1/s1. The summed E-state index contributed by atoms with van der Waals surface area (Å²) >= 11 is 5.93. The van der Waals surface area contributed by atoms with Crippen molar-refractivity contribution >= 4 is 40.4 Å². The summed E-state index contributed by atoms with van der Waals surface area (Å²) in [6.45, 7) is 10.4. The van der Waals surface area contributed by atoms with E-state index in [0.29, 0.717) is 41.4 Å². The molecule has 210 valence electrons. The van der Waals surface area contributed by atoms with Gasteiger partial charge in [0.15, 0.2) is 5.69 Å². The average molecular weight is 572 g/mol. The lowest BCUT2D eigenvalue weighted by Crippen LogP contribution is -2.47. The van der Waals surface area contributed by atoms with Gasteiger partial charge in [0.1, 0.15) is 16.6 Å². The van der Waals surface area contributed by atoms with Crippen molar-refractivity contribution in [2.24, 2.45) is 0 Å². The smallest absolute Gasteiger partial charge is 0.356 e. The molecule has 0 radical (unpaired) electrons. The van der Waals surface area contributed by atoms with Crippen LogP contribution in [0.1, 0.15) is 51.3 Å². The SMILES string of the molecule is Cc1cc([C@@H](C)Nc2ccc(Cl)nc2C(=O)O)c2nc(N3CCN(c4ccc(C#N)cc4C)CC3)c(C)c(=O)n2c1. The molecule has 1 atom stereocenters. The van der Waals surface area contributed by atoms with Crippen LogP contribution in [0.2, 0.25) is 5.15 Å². The first-order chi connectivity index (χ1) is 19.6. The van der Waals surface area contributed by atoms with Crippen LogP contribution in [-0.4, -0.2) is 51.6 Å². The number of hydrogen-bond donors (Lipinski definition) is 2. The fourth-order valence-corrected chi connectivity index (χ4v) is 5.52. The van der Waals surface area contributed by atoms with Crippen LogP contribution in [0.15, 0.2) is 47.4 Å². The zero-order chi connectivity index (χ0) is 29.4. The molecule has 0 saturated carbocycles. The molecule has 5 rings (SSSR count). The molecule has 4 heterocycles. The molecule has 2 N–H and O–H groups in total. The molecular weight excluding hydrogens is 542 g/mol. The fourth-order valence-electron chi connectivity index (χ4n) is 5.38. The van der Waals surface area contributed by atoms with Crippen molar-refractivity contribution in [2.45, 2.75) is 33.7 Å². The van der Waals surface area contributed by atoms with Gasteiger partial charge in [0.2, 0.25) is 0 Å². The molecule has 0 bridgehead atoms. The van der Waals surface area contributed by atoms with E-state index in [4.69, 9.17) is 16.6 Å². The number of pyridine rings is 2. The fraction of sp³-hybridized carbons (Fsp3) is 0.300. The van der Waals surface area contributed by atoms with Crippen molar-refractivity contribution in [3.8, 4) is 6.07 Å². The highest BCUT2D eigenvalue weighted by Crippen LogP contribution is 2.29. The molecule has 4 aromatic rings. The highest BCUT2D eigenvalue weighted by atomic mass is 35.5. The molecule has 0 amide bonds. The molecule has 1 fully saturated rings. The maximum atomic E-state index is 13.6. The molecule has 3 aromatic heterocycles. The van der Waals surface area contributed by atoms with Crippen molar-refractivity contribution in [1.29, 1.82) is 5.26 Å². The number of carboxylic acids is 1. The number of nitrogens with zero attached hydrogens (tertiary/aromatic N) is 6. The summed E-state index contributed by atoms with van der Waals surface area (Å²) < 4.78 is 1.57. The molecule has 10 nitrogen and oxygen atoms in total. The van der Waals surface area contributed by atoms with E-state index in [9.17, 15) is 20.0 Å². The maximum absolute atomic E-state index is 13.6. The number of carboxylic acid groups (broad SMARTS) is 1. The Morgan fingerprint density at radius 1 is 1.07 bits per heavy atom. The van der Waals surface area contributed by atoms with Crippen molar-refractivity contribution < 1.29 is 9.90 Å². The Morgan fingerprint density at radius 3 is 2.44 bits per heavy atom. The third kappa shape index (κ3) is 5.41. The number of fused-ring (bicyclic) bond motifs is 1. The number of piperazine rings is 1. The molecule has 11 heteroatoms. The lowest BCUT2D eigenvalue weighted by molar-refractivity contribution is 0.0691. The van der Waals surface area contributed by atoms with E-state index < -0.39 is 12.0 Å². The van der Waals surface area contributed by atoms with E-state index >= 15 is 0 Å². The molecule has 0 spiro atoms. The second-order valence-corrected chi connectivity index (χ2v) is 10.7. The van der Waals surface area contributed by atoms with Crippen molar-refractivity contribution in [3.63, 3.8) is 0 Å². The lowest BCUT2D eigenvalue weighted by Gasteiger charge is -2.38. The number of benzene rings is 1. The van der Waals surface area contributed by atoms with Gasteiger partial charge in [-0.2, -0.15) is 5.26 Å². The van der Waals surface area contributed by atoms with E-state index in [1.807, 2.05) is 45.0 Å². The topological polar surface area (TPSA) is 127 Å². The van der Waals surface area contributed by atoms with Crippen LogP contribution in [-0.2, 0) is 0 Å². The number of carbonyl (C=O) groups is 1. The minimum atomic E-state index is -1.20. The highest BCUT2D eigenvalue weighted by molar-refractivity contribution is 6.29. The molecule has 1 aliphatic heterocycles. The van der Waals surface area contributed by atoms with E-state index in [2.05, 4.69) is 26.2 Å². The summed E-state index contributed by atoms with van der Waals surface area (Å²) in [7, 11) is 0. The highest BCUT2D eigenvalue weighted by Gasteiger charge is 2.24. The van der Waals surface area contributed by atoms with Gasteiger partial charge in [-0.3, -0.25) is 9.20 Å².